The number of likely N-dealkylation sites (N-methyl/N-ethyl adjacent to an activating group) is 1. The third-order valence-electron chi connectivity index (χ3n) is 10.4. The van der Waals surface area contributed by atoms with Crippen molar-refractivity contribution < 1.29 is 32.9 Å². The number of rotatable bonds is 43. The lowest BCUT2D eigenvalue weighted by Crippen LogP contribution is -2.45. The Morgan fingerprint density at radius 2 is 1.03 bits per heavy atom. The van der Waals surface area contributed by atoms with Gasteiger partial charge in [-0.15, -0.1) is 0 Å². The molecule has 1 amide bonds. The number of amides is 1. The summed E-state index contributed by atoms with van der Waals surface area (Å²) in [6.07, 6.45) is 56.7. The van der Waals surface area contributed by atoms with Gasteiger partial charge in [-0.1, -0.05) is 189 Å². The lowest BCUT2D eigenvalue weighted by atomic mass is 10.0. The van der Waals surface area contributed by atoms with Crippen molar-refractivity contribution in [3.05, 3.63) is 72.9 Å². The van der Waals surface area contributed by atoms with E-state index in [0.717, 1.165) is 77.0 Å². The number of carbonyl (C=O) groups is 1. The zero-order valence-corrected chi connectivity index (χ0v) is 40.3. The molecule has 0 aliphatic heterocycles. The molecule has 0 saturated carbocycles. The van der Waals surface area contributed by atoms with E-state index in [4.69, 9.17) is 9.05 Å². The molecule has 0 heterocycles. The molecule has 3 unspecified atom stereocenters. The predicted octanol–water partition coefficient (Wildman–Crippen LogP) is 13.3. The van der Waals surface area contributed by atoms with Gasteiger partial charge in [0.1, 0.15) is 13.2 Å². The van der Waals surface area contributed by atoms with Crippen molar-refractivity contribution in [2.75, 3.05) is 40.9 Å². The highest BCUT2D eigenvalue weighted by Gasteiger charge is 2.23. The highest BCUT2D eigenvalue weighted by Crippen LogP contribution is 2.38. The van der Waals surface area contributed by atoms with Gasteiger partial charge >= 0.3 is 0 Å². The van der Waals surface area contributed by atoms with Gasteiger partial charge in [0.05, 0.1) is 39.9 Å². The first-order valence-corrected chi connectivity index (χ1v) is 25.8. The Balaban J connectivity index is 4.45. The van der Waals surface area contributed by atoms with E-state index in [2.05, 4.69) is 79.9 Å². The second kappa shape index (κ2) is 42.3. The average molecular weight is 861 g/mol. The monoisotopic (exact) mass is 861 g/mol. The first-order chi connectivity index (χ1) is 29.0. The second-order valence-electron chi connectivity index (χ2n) is 17.4. The summed E-state index contributed by atoms with van der Waals surface area (Å²) in [6, 6.07) is -0.914. The molecular weight excluding hydrogens is 768 g/mol. The van der Waals surface area contributed by atoms with Crippen molar-refractivity contribution in [1.29, 1.82) is 0 Å². The molecule has 348 valence electrons. The standard InChI is InChI=1S/C51H93N2O6P/c1-6-8-10-12-14-16-18-20-22-24-26-28-30-32-34-36-38-40-42-44-50(54)49(48-59-60(56,57)58-47-46-53(3,4)5)52-51(55)45-43-41-39-37-35-33-31-29-27-25-23-21-19-17-15-13-11-9-7-2/h9,11,15,17,21,23,27,29,34,36,42,44,49-50,54H,6-8,10,12-14,16,18-20,22,24-26,28,30-33,35,37-41,43,45-48H2,1-5H3,(H-,52,55,56,57)/b11-9-,17-15-,23-21-,29-27-,36-34+,44-42+. The Bertz CT molecular complexity index is 1200. The minimum atomic E-state index is -4.61. The molecule has 3 atom stereocenters. The molecule has 0 aromatic heterocycles. The molecule has 0 saturated heterocycles. The largest absolute Gasteiger partial charge is 0.756 e. The first kappa shape index (κ1) is 57.9. The van der Waals surface area contributed by atoms with Crippen molar-refractivity contribution in [2.24, 2.45) is 0 Å². The molecule has 0 rings (SSSR count). The molecule has 0 aromatic carbocycles. The minimum absolute atomic E-state index is 0.0128. The number of carbonyl (C=O) groups excluding carboxylic acids is 1. The van der Waals surface area contributed by atoms with Crippen molar-refractivity contribution >= 4 is 13.7 Å². The Morgan fingerprint density at radius 3 is 1.55 bits per heavy atom. The number of hydrogen-bond donors (Lipinski definition) is 2. The summed E-state index contributed by atoms with van der Waals surface area (Å²) < 4.78 is 23.2. The maximum absolute atomic E-state index is 12.9. The quantitative estimate of drug-likeness (QED) is 0.0274. The predicted molar refractivity (Wildman–Crippen MR) is 256 cm³/mol. The number of phosphoric ester groups is 1. The van der Waals surface area contributed by atoms with Gasteiger partial charge in [-0.2, -0.15) is 0 Å². The topological polar surface area (TPSA) is 108 Å². The van der Waals surface area contributed by atoms with Gasteiger partial charge in [0, 0.05) is 6.42 Å². The van der Waals surface area contributed by atoms with Gasteiger partial charge in [0.2, 0.25) is 5.91 Å². The van der Waals surface area contributed by atoms with Gasteiger partial charge in [-0.3, -0.25) is 9.36 Å². The van der Waals surface area contributed by atoms with Gasteiger partial charge in [0.15, 0.2) is 0 Å². The molecule has 0 fully saturated rings. The first-order valence-electron chi connectivity index (χ1n) is 24.3. The summed E-state index contributed by atoms with van der Waals surface area (Å²) in [5.74, 6) is -0.224. The van der Waals surface area contributed by atoms with E-state index in [1.54, 1.807) is 6.08 Å². The van der Waals surface area contributed by atoms with Crippen molar-refractivity contribution in [3.8, 4) is 0 Å². The van der Waals surface area contributed by atoms with Crippen LogP contribution in [0.3, 0.4) is 0 Å². The number of aliphatic hydroxyl groups excluding tert-OH is 1. The lowest BCUT2D eigenvalue weighted by Gasteiger charge is -2.29. The summed E-state index contributed by atoms with van der Waals surface area (Å²) in [5.41, 5.74) is 0. The number of allylic oxidation sites excluding steroid dienone is 11. The van der Waals surface area contributed by atoms with E-state index in [9.17, 15) is 19.4 Å². The van der Waals surface area contributed by atoms with E-state index >= 15 is 0 Å². The summed E-state index contributed by atoms with van der Waals surface area (Å²) in [6.45, 7) is 4.49. The van der Waals surface area contributed by atoms with Crippen molar-refractivity contribution in [3.63, 3.8) is 0 Å². The Kier molecular flexibility index (Phi) is 40.8. The van der Waals surface area contributed by atoms with Gasteiger partial charge < -0.3 is 28.8 Å². The molecule has 0 aromatic rings. The molecule has 0 radical (unpaired) electrons. The molecule has 8 nitrogen and oxygen atoms in total. The van der Waals surface area contributed by atoms with Gasteiger partial charge in [-0.25, -0.2) is 0 Å². The van der Waals surface area contributed by atoms with E-state index in [-0.39, 0.29) is 12.5 Å². The number of quaternary nitrogens is 1. The fourth-order valence-electron chi connectivity index (χ4n) is 6.57. The fourth-order valence-corrected chi connectivity index (χ4v) is 7.29. The number of unbranched alkanes of at least 4 members (excludes halogenated alkanes) is 20. The maximum Gasteiger partial charge on any atom is 0.268 e. The second-order valence-corrected chi connectivity index (χ2v) is 18.8. The van der Waals surface area contributed by atoms with Crippen LogP contribution in [-0.2, 0) is 18.4 Å². The smallest absolute Gasteiger partial charge is 0.268 e. The molecule has 9 heteroatoms. The fraction of sp³-hybridized carbons (Fsp3) is 0.745. The highest BCUT2D eigenvalue weighted by molar-refractivity contribution is 7.45. The molecule has 2 N–H and O–H groups in total. The zero-order chi connectivity index (χ0) is 44.3. The van der Waals surface area contributed by atoms with Crippen LogP contribution in [0.15, 0.2) is 72.9 Å². The SMILES string of the molecule is CC/C=C\C/C=C\C/C=C\C/C=C\CCCCCCCCC(=O)NC(COP(=O)([O-])OCC[N+](C)(C)C)C(O)/C=C/CC/C=C/CCCCCCCCCCCCCCC. The van der Waals surface area contributed by atoms with Crippen molar-refractivity contribution in [2.45, 2.75) is 206 Å². The number of nitrogens with zero attached hydrogens (tertiary/aromatic N) is 1. The Morgan fingerprint density at radius 1 is 0.600 bits per heavy atom. The third-order valence-corrected chi connectivity index (χ3v) is 11.4. The Labute approximate surface area is 370 Å². The van der Waals surface area contributed by atoms with E-state index in [1.165, 1.54) is 96.3 Å². The van der Waals surface area contributed by atoms with Crippen LogP contribution in [0.5, 0.6) is 0 Å². The van der Waals surface area contributed by atoms with E-state index in [1.807, 2.05) is 27.2 Å². The molecule has 0 spiro atoms. The highest BCUT2D eigenvalue weighted by atomic mass is 31.2. The van der Waals surface area contributed by atoms with E-state index < -0.39 is 26.6 Å². The van der Waals surface area contributed by atoms with E-state index in [0.29, 0.717) is 17.4 Å². The lowest BCUT2D eigenvalue weighted by molar-refractivity contribution is -0.870. The van der Waals surface area contributed by atoms with Crippen LogP contribution in [0.4, 0.5) is 0 Å². The van der Waals surface area contributed by atoms with Crippen LogP contribution < -0.4 is 10.2 Å². The summed E-state index contributed by atoms with van der Waals surface area (Å²) >= 11 is 0. The molecule has 0 bridgehead atoms. The molecule has 0 aliphatic rings. The van der Waals surface area contributed by atoms with Crippen LogP contribution in [0.1, 0.15) is 194 Å². The third kappa shape index (κ3) is 44.0. The van der Waals surface area contributed by atoms with Gasteiger partial charge in [-0.05, 0) is 70.6 Å². The molecule has 0 aliphatic carbocycles. The van der Waals surface area contributed by atoms with Crippen LogP contribution in [0.2, 0.25) is 0 Å². The Hall–Kier alpha value is -2.06. The number of hydrogen-bond acceptors (Lipinski definition) is 6. The van der Waals surface area contributed by atoms with Crippen LogP contribution >= 0.6 is 7.82 Å². The average Bonchev–Trinajstić information content (AvgIpc) is 3.20. The summed E-state index contributed by atoms with van der Waals surface area (Å²) in [5, 5.41) is 13.8. The zero-order valence-electron chi connectivity index (χ0n) is 39.4. The van der Waals surface area contributed by atoms with Gasteiger partial charge in [0.25, 0.3) is 7.82 Å². The maximum atomic E-state index is 12.9. The number of nitrogens with one attached hydrogen (secondary N) is 1. The van der Waals surface area contributed by atoms with Crippen LogP contribution in [0, 0.1) is 0 Å². The number of aliphatic hydroxyl groups is 1. The minimum Gasteiger partial charge on any atom is -0.756 e. The van der Waals surface area contributed by atoms with Crippen molar-refractivity contribution in [1.82, 2.24) is 5.32 Å². The van der Waals surface area contributed by atoms with Crippen LogP contribution in [-0.4, -0.2) is 68.5 Å². The number of phosphoric acid groups is 1. The summed E-state index contributed by atoms with van der Waals surface area (Å²) in [7, 11) is 1.22. The molecule has 60 heavy (non-hydrogen) atoms. The van der Waals surface area contributed by atoms with Crippen LogP contribution in [0.25, 0.3) is 0 Å². The molecular formula is C51H93N2O6P. The normalized spacial score (nSPS) is 14.8. The summed E-state index contributed by atoms with van der Waals surface area (Å²) in [4.78, 5) is 25.4.